The first-order chi connectivity index (χ1) is 16.9. The van der Waals surface area contributed by atoms with E-state index in [1.807, 2.05) is 6.92 Å². The summed E-state index contributed by atoms with van der Waals surface area (Å²) in [6, 6.07) is 1.49. The van der Waals surface area contributed by atoms with Crippen molar-refractivity contribution in [3.8, 4) is 0 Å². The second-order valence-electron chi connectivity index (χ2n) is 8.72. The van der Waals surface area contributed by atoms with Crippen molar-refractivity contribution in [3.63, 3.8) is 0 Å². The first kappa shape index (κ1) is 30.1. The molecule has 0 aliphatic heterocycles. The Kier molecular flexibility index (Phi) is 10.4. The smallest absolute Gasteiger partial charge is 0.328 e. The predicted molar refractivity (Wildman–Crippen MR) is 138 cm³/mol. The van der Waals surface area contributed by atoms with E-state index in [9.17, 15) is 19.2 Å². The molecule has 1 atom stereocenters. The molecular weight excluding hydrogens is 531 g/mol. The van der Waals surface area contributed by atoms with Crippen molar-refractivity contribution in [2.24, 2.45) is 5.41 Å². The summed E-state index contributed by atoms with van der Waals surface area (Å²) >= 11 is 19.4. The fourth-order valence-corrected chi connectivity index (χ4v) is 5.40. The highest BCUT2D eigenvalue weighted by Crippen LogP contribution is 2.50. The van der Waals surface area contributed by atoms with Gasteiger partial charge in [-0.15, -0.1) is 0 Å². The van der Waals surface area contributed by atoms with Crippen LogP contribution in [0.25, 0.3) is 0 Å². The van der Waals surface area contributed by atoms with E-state index in [1.54, 1.807) is 26.8 Å². The molecule has 0 aromatic heterocycles. The summed E-state index contributed by atoms with van der Waals surface area (Å²) in [6.07, 6.45) is 3.03. The van der Waals surface area contributed by atoms with Gasteiger partial charge in [0.1, 0.15) is 0 Å². The lowest BCUT2D eigenvalue weighted by Crippen LogP contribution is -2.48. The minimum absolute atomic E-state index is 0.0698. The zero-order valence-electron chi connectivity index (χ0n) is 21.1. The Morgan fingerprint density at radius 2 is 1.67 bits per heavy atom. The summed E-state index contributed by atoms with van der Waals surface area (Å²) in [5, 5.41) is 0.257. The third kappa shape index (κ3) is 5.58. The SMILES string of the molecule is CCCC1(C/C=C(/C)Cl)Cc2cc(C(CC(=O)OC)(C(=O)OCC)C(=O)OCC)c(Cl)c(Cl)c2C1=O. The van der Waals surface area contributed by atoms with Gasteiger partial charge in [0.05, 0.1) is 36.8 Å². The molecule has 0 spiro atoms. The molecule has 0 bridgehead atoms. The van der Waals surface area contributed by atoms with Crippen LogP contribution in [0.15, 0.2) is 17.2 Å². The predicted octanol–water partition coefficient (Wildman–Crippen LogP) is 5.98. The number of hydrogen-bond donors (Lipinski definition) is 0. The summed E-state index contributed by atoms with van der Waals surface area (Å²) < 4.78 is 15.2. The molecule has 0 saturated heterocycles. The van der Waals surface area contributed by atoms with Gasteiger partial charge in [-0.3, -0.25) is 19.2 Å². The van der Waals surface area contributed by atoms with Crippen molar-refractivity contribution >= 4 is 58.5 Å². The first-order valence-corrected chi connectivity index (χ1v) is 12.9. The molecule has 7 nitrogen and oxygen atoms in total. The molecule has 0 N–H and O–H groups in total. The van der Waals surface area contributed by atoms with Gasteiger partial charge in [0.2, 0.25) is 5.41 Å². The Balaban J connectivity index is 2.86. The highest BCUT2D eigenvalue weighted by Gasteiger charge is 2.55. The van der Waals surface area contributed by atoms with Crippen molar-refractivity contribution in [2.45, 2.75) is 65.2 Å². The Bertz CT molecular complexity index is 1060. The standard InChI is InChI=1S/C26H31Cl3O7/c1-6-10-25(11-9-15(4)27)13-16-12-17(20(28)21(29)19(16)22(25)31)26(14-18(30)34-5,23(32)35-7-2)24(33)36-8-3/h9,12H,6-8,10-11,13-14H2,1-5H3/b15-9-. The highest BCUT2D eigenvalue weighted by atomic mass is 35.5. The lowest BCUT2D eigenvalue weighted by atomic mass is 9.75. The van der Waals surface area contributed by atoms with E-state index in [0.29, 0.717) is 29.9 Å². The summed E-state index contributed by atoms with van der Waals surface area (Å²) in [5.74, 6) is -3.10. The number of carbonyl (C=O) groups excluding carboxylic acids is 4. The number of carbonyl (C=O) groups is 4. The fraction of sp³-hybridized carbons (Fsp3) is 0.538. The number of halogens is 3. The number of benzene rings is 1. The number of rotatable bonds is 11. The normalized spacial score (nSPS) is 17.6. The molecule has 0 radical (unpaired) electrons. The van der Waals surface area contributed by atoms with E-state index in [2.05, 4.69) is 0 Å². The number of ketones is 1. The Morgan fingerprint density at radius 1 is 1.08 bits per heavy atom. The van der Waals surface area contributed by atoms with Gasteiger partial charge in [0.25, 0.3) is 0 Å². The van der Waals surface area contributed by atoms with Crippen LogP contribution in [0.4, 0.5) is 0 Å². The van der Waals surface area contributed by atoms with Crippen LogP contribution in [0.2, 0.25) is 10.0 Å². The number of ether oxygens (including phenoxy) is 3. The van der Waals surface area contributed by atoms with Crippen LogP contribution in [0, 0.1) is 5.41 Å². The third-order valence-electron chi connectivity index (χ3n) is 6.37. The molecule has 0 heterocycles. The third-order valence-corrected chi connectivity index (χ3v) is 7.39. The summed E-state index contributed by atoms with van der Waals surface area (Å²) in [7, 11) is 1.13. The maximum absolute atomic E-state index is 13.7. The van der Waals surface area contributed by atoms with Gasteiger partial charge in [-0.05, 0) is 45.6 Å². The van der Waals surface area contributed by atoms with E-state index in [1.165, 1.54) is 6.07 Å². The highest BCUT2D eigenvalue weighted by molar-refractivity contribution is 6.45. The van der Waals surface area contributed by atoms with Crippen molar-refractivity contribution in [1.82, 2.24) is 0 Å². The molecule has 1 aliphatic carbocycles. The quantitative estimate of drug-likeness (QED) is 0.186. The van der Waals surface area contributed by atoms with Crippen LogP contribution in [-0.2, 0) is 40.4 Å². The van der Waals surface area contributed by atoms with Crippen LogP contribution < -0.4 is 0 Å². The van der Waals surface area contributed by atoms with Crippen LogP contribution in [0.1, 0.15) is 74.9 Å². The lowest BCUT2D eigenvalue weighted by Gasteiger charge is -2.30. The molecule has 10 heteroatoms. The van der Waals surface area contributed by atoms with Gasteiger partial charge >= 0.3 is 17.9 Å². The number of allylic oxidation sites excluding steroid dienone is 2. The van der Waals surface area contributed by atoms with E-state index >= 15 is 0 Å². The molecule has 1 aliphatic rings. The summed E-state index contributed by atoms with van der Waals surface area (Å²) in [5.41, 5.74) is -2.40. The Hall–Kier alpha value is -2.09. The second kappa shape index (κ2) is 12.4. The van der Waals surface area contributed by atoms with Gasteiger partial charge in [0, 0.05) is 21.6 Å². The van der Waals surface area contributed by atoms with E-state index in [4.69, 9.17) is 49.0 Å². The molecule has 1 aromatic rings. The molecule has 36 heavy (non-hydrogen) atoms. The van der Waals surface area contributed by atoms with Crippen LogP contribution in [0.5, 0.6) is 0 Å². The fourth-order valence-electron chi connectivity index (χ4n) is 4.71. The number of hydrogen-bond acceptors (Lipinski definition) is 7. The molecule has 0 saturated carbocycles. The Morgan fingerprint density at radius 3 is 2.14 bits per heavy atom. The largest absolute Gasteiger partial charge is 0.469 e. The molecule has 0 amide bonds. The molecule has 1 aromatic carbocycles. The number of methoxy groups -OCH3 is 1. The van der Waals surface area contributed by atoms with Gasteiger partial charge in [-0.1, -0.05) is 60.3 Å². The minimum atomic E-state index is -2.28. The minimum Gasteiger partial charge on any atom is -0.469 e. The van der Waals surface area contributed by atoms with Gasteiger partial charge in [-0.25, -0.2) is 0 Å². The number of fused-ring (bicyclic) bond motifs is 1. The van der Waals surface area contributed by atoms with E-state index < -0.39 is 35.2 Å². The van der Waals surface area contributed by atoms with Gasteiger partial charge < -0.3 is 14.2 Å². The number of esters is 3. The topological polar surface area (TPSA) is 96.0 Å². The van der Waals surface area contributed by atoms with E-state index in [0.717, 1.165) is 13.5 Å². The average Bonchev–Trinajstić information content (AvgIpc) is 3.10. The van der Waals surface area contributed by atoms with E-state index in [-0.39, 0.29) is 40.2 Å². The van der Waals surface area contributed by atoms with Crippen molar-refractivity contribution in [1.29, 1.82) is 0 Å². The van der Waals surface area contributed by atoms with Gasteiger partial charge in [0.15, 0.2) is 5.78 Å². The summed E-state index contributed by atoms with van der Waals surface area (Å²) in [4.78, 5) is 52.8. The molecule has 198 valence electrons. The number of Topliss-reactive ketones (excluding diaryl/α,β-unsaturated/α-hetero) is 1. The maximum Gasteiger partial charge on any atom is 0.328 e. The van der Waals surface area contributed by atoms with Crippen LogP contribution >= 0.6 is 34.8 Å². The second-order valence-corrected chi connectivity index (χ2v) is 10.1. The molecular formula is C26H31Cl3O7. The maximum atomic E-state index is 13.7. The van der Waals surface area contributed by atoms with Crippen molar-refractivity contribution in [3.05, 3.63) is 43.9 Å². The zero-order chi connectivity index (χ0) is 27.3. The van der Waals surface area contributed by atoms with Crippen molar-refractivity contribution < 1.29 is 33.4 Å². The zero-order valence-corrected chi connectivity index (χ0v) is 23.4. The molecule has 0 fully saturated rings. The summed E-state index contributed by atoms with van der Waals surface area (Å²) in [6.45, 7) is 6.69. The van der Waals surface area contributed by atoms with Crippen molar-refractivity contribution in [2.75, 3.05) is 20.3 Å². The molecule has 1 unspecified atom stereocenters. The monoisotopic (exact) mass is 560 g/mol. The Labute approximate surface area is 226 Å². The molecule has 2 rings (SSSR count). The first-order valence-electron chi connectivity index (χ1n) is 11.7. The lowest BCUT2D eigenvalue weighted by molar-refractivity contribution is -0.169. The van der Waals surface area contributed by atoms with Crippen LogP contribution in [-0.4, -0.2) is 44.0 Å². The van der Waals surface area contributed by atoms with Crippen LogP contribution in [0.3, 0.4) is 0 Å². The van der Waals surface area contributed by atoms with Gasteiger partial charge in [-0.2, -0.15) is 0 Å². The average molecular weight is 562 g/mol.